The van der Waals surface area contributed by atoms with Crippen LogP contribution in [0.1, 0.15) is 25.5 Å². The highest BCUT2D eigenvalue weighted by atomic mass is 16.6. The minimum absolute atomic E-state index is 0.0181. The van der Waals surface area contributed by atoms with Gasteiger partial charge in [-0.1, -0.05) is 6.92 Å². The van der Waals surface area contributed by atoms with Gasteiger partial charge in [0.1, 0.15) is 11.8 Å². The van der Waals surface area contributed by atoms with Crippen LogP contribution in [0.3, 0.4) is 0 Å². The molecule has 1 aliphatic rings. The highest BCUT2D eigenvalue weighted by Crippen LogP contribution is 2.34. The zero-order chi connectivity index (χ0) is 12.6. The molecular weight excluding hydrogens is 224 g/mol. The Labute approximate surface area is 98.7 Å². The largest absolute Gasteiger partial charge is 0.470 e. The van der Waals surface area contributed by atoms with E-state index in [1.807, 2.05) is 6.92 Å². The third-order valence-electron chi connectivity index (χ3n) is 2.97. The highest BCUT2D eigenvalue weighted by Gasteiger charge is 2.33. The summed E-state index contributed by atoms with van der Waals surface area (Å²) >= 11 is 0. The molecule has 2 rings (SSSR count). The number of aryl methyl sites for hydroxylation is 2. The summed E-state index contributed by atoms with van der Waals surface area (Å²) in [6.07, 6.45) is 1.97. The Hall–Kier alpha value is -1.63. The van der Waals surface area contributed by atoms with E-state index in [0.29, 0.717) is 12.1 Å². The van der Waals surface area contributed by atoms with Crippen LogP contribution in [-0.2, 0) is 13.5 Å². The number of ether oxygens (including phenoxy) is 1. The van der Waals surface area contributed by atoms with Crippen LogP contribution in [0.4, 0.5) is 5.69 Å². The topological polar surface area (TPSA) is 96.2 Å². The second-order valence-corrected chi connectivity index (χ2v) is 4.31. The van der Waals surface area contributed by atoms with Crippen molar-refractivity contribution in [3.63, 3.8) is 0 Å². The van der Waals surface area contributed by atoms with Gasteiger partial charge in [-0.05, 0) is 19.3 Å². The second kappa shape index (κ2) is 4.33. The van der Waals surface area contributed by atoms with Crippen molar-refractivity contribution >= 4 is 5.69 Å². The summed E-state index contributed by atoms with van der Waals surface area (Å²) in [6.45, 7) is 1.83. The summed E-state index contributed by atoms with van der Waals surface area (Å²) in [7, 11) is 1.65. The molecule has 0 unspecified atom stereocenters. The minimum atomic E-state index is -0.431. The Balaban J connectivity index is 2.25. The summed E-state index contributed by atoms with van der Waals surface area (Å²) < 4.78 is 7.04. The lowest BCUT2D eigenvalue weighted by Crippen LogP contribution is -2.43. The third kappa shape index (κ3) is 2.10. The van der Waals surface area contributed by atoms with Gasteiger partial charge in [-0.25, -0.2) is 4.68 Å². The highest BCUT2D eigenvalue weighted by molar-refractivity contribution is 5.46. The molecule has 1 aromatic rings. The summed E-state index contributed by atoms with van der Waals surface area (Å²) in [5, 5.41) is 15.1. The molecule has 1 heterocycles. The van der Waals surface area contributed by atoms with E-state index >= 15 is 0 Å². The monoisotopic (exact) mass is 240 g/mol. The van der Waals surface area contributed by atoms with Crippen molar-refractivity contribution in [2.24, 2.45) is 12.8 Å². The Kier molecular flexibility index (Phi) is 3.01. The number of rotatable bonds is 4. The number of hydrogen-bond donors (Lipinski definition) is 1. The van der Waals surface area contributed by atoms with E-state index in [0.717, 1.165) is 12.8 Å². The maximum atomic E-state index is 11.0. The zero-order valence-electron chi connectivity index (χ0n) is 9.92. The van der Waals surface area contributed by atoms with Crippen LogP contribution in [0, 0.1) is 10.1 Å². The summed E-state index contributed by atoms with van der Waals surface area (Å²) in [4.78, 5) is 10.6. The summed E-state index contributed by atoms with van der Waals surface area (Å²) in [5.41, 5.74) is 6.09. The molecule has 7 nitrogen and oxygen atoms in total. The van der Waals surface area contributed by atoms with E-state index in [1.54, 1.807) is 7.05 Å². The number of hydrogen-bond acceptors (Lipinski definition) is 5. The van der Waals surface area contributed by atoms with Crippen LogP contribution in [0.2, 0.25) is 0 Å². The summed E-state index contributed by atoms with van der Waals surface area (Å²) in [5.74, 6) is 0.240. The Bertz CT molecular complexity index is 437. The van der Waals surface area contributed by atoms with E-state index in [1.165, 1.54) is 4.68 Å². The molecule has 0 bridgehead atoms. The fourth-order valence-corrected chi connectivity index (χ4v) is 1.96. The molecule has 0 aliphatic heterocycles. The first-order valence-corrected chi connectivity index (χ1v) is 5.65. The van der Waals surface area contributed by atoms with Crippen molar-refractivity contribution in [1.29, 1.82) is 0 Å². The molecule has 1 saturated carbocycles. The van der Waals surface area contributed by atoms with E-state index < -0.39 is 4.92 Å². The standard InChI is InChI=1S/C10H16N4O3/c1-3-8-9(14(15)16)10(13(2)12-8)17-7-4-6(11)5-7/h6-7H,3-5,11H2,1-2H3. The lowest BCUT2D eigenvalue weighted by Gasteiger charge is -2.31. The van der Waals surface area contributed by atoms with Crippen LogP contribution >= 0.6 is 0 Å². The maximum Gasteiger partial charge on any atom is 0.353 e. The van der Waals surface area contributed by atoms with Crippen LogP contribution in [-0.4, -0.2) is 26.8 Å². The zero-order valence-corrected chi connectivity index (χ0v) is 9.92. The minimum Gasteiger partial charge on any atom is -0.470 e. The molecule has 1 aromatic heterocycles. The molecule has 1 aliphatic carbocycles. The van der Waals surface area contributed by atoms with Gasteiger partial charge in [0.15, 0.2) is 0 Å². The van der Waals surface area contributed by atoms with Gasteiger partial charge in [-0.3, -0.25) is 10.1 Å². The molecule has 0 saturated heterocycles. The molecular formula is C10H16N4O3. The molecule has 2 N–H and O–H groups in total. The SMILES string of the molecule is CCc1nn(C)c(OC2CC(N)C2)c1[N+](=O)[O-]. The Morgan fingerprint density at radius 1 is 1.65 bits per heavy atom. The van der Waals surface area contributed by atoms with Crippen LogP contribution < -0.4 is 10.5 Å². The van der Waals surface area contributed by atoms with Gasteiger partial charge in [-0.15, -0.1) is 0 Å². The molecule has 94 valence electrons. The van der Waals surface area contributed by atoms with Gasteiger partial charge < -0.3 is 10.5 Å². The first-order valence-electron chi connectivity index (χ1n) is 5.65. The van der Waals surface area contributed by atoms with Crippen molar-refractivity contribution < 1.29 is 9.66 Å². The van der Waals surface area contributed by atoms with Gasteiger partial charge in [-0.2, -0.15) is 5.10 Å². The van der Waals surface area contributed by atoms with E-state index in [-0.39, 0.29) is 23.7 Å². The van der Waals surface area contributed by atoms with Gasteiger partial charge in [0.05, 0.1) is 4.92 Å². The number of nitrogens with zero attached hydrogens (tertiary/aromatic N) is 3. The molecule has 0 atom stereocenters. The van der Waals surface area contributed by atoms with Gasteiger partial charge in [0.2, 0.25) is 0 Å². The quantitative estimate of drug-likeness (QED) is 0.619. The number of nitrogens with two attached hydrogens (primary N) is 1. The predicted molar refractivity (Wildman–Crippen MR) is 60.9 cm³/mol. The fraction of sp³-hybridized carbons (Fsp3) is 0.700. The summed E-state index contributed by atoms with van der Waals surface area (Å²) in [6, 6.07) is 0.151. The lowest BCUT2D eigenvalue weighted by molar-refractivity contribution is -0.386. The third-order valence-corrected chi connectivity index (χ3v) is 2.97. The first-order chi connectivity index (χ1) is 8.02. The molecule has 0 amide bonds. The van der Waals surface area contributed by atoms with Crippen LogP contribution in [0.25, 0.3) is 0 Å². The molecule has 0 radical (unpaired) electrons. The molecule has 0 spiro atoms. The van der Waals surface area contributed by atoms with E-state index in [4.69, 9.17) is 10.5 Å². The van der Waals surface area contributed by atoms with Crippen LogP contribution in [0.15, 0.2) is 0 Å². The van der Waals surface area contributed by atoms with Crippen molar-refractivity contribution in [1.82, 2.24) is 9.78 Å². The van der Waals surface area contributed by atoms with Crippen molar-refractivity contribution in [3.8, 4) is 5.88 Å². The van der Waals surface area contributed by atoms with Crippen molar-refractivity contribution in [2.45, 2.75) is 38.3 Å². The average molecular weight is 240 g/mol. The van der Waals surface area contributed by atoms with Crippen molar-refractivity contribution in [3.05, 3.63) is 15.8 Å². The average Bonchev–Trinajstić information content (AvgIpc) is 2.53. The van der Waals surface area contributed by atoms with Gasteiger partial charge in [0, 0.05) is 13.1 Å². The molecule has 7 heteroatoms. The fourth-order valence-electron chi connectivity index (χ4n) is 1.96. The lowest BCUT2D eigenvalue weighted by atomic mass is 9.90. The van der Waals surface area contributed by atoms with E-state index in [2.05, 4.69) is 5.10 Å². The Morgan fingerprint density at radius 3 is 2.76 bits per heavy atom. The maximum absolute atomic E-state index is 11.0. The number of nitro groups is 1. The smallest absolute Gasteiger partial charge is 0.353 e. The molecule has 17 heavy (non-hydrogen) atoms. The van der Waals surface area contributed by atoms with Crippen LogP contribution in [0.5, 0.6) is 5.88 Å². The molecule has 0 aromatic carbocycles. The second-order valence-electron chi connectivity index (χ2n) is 4.31. The Morgan fingerprint density at radius 2 is 2.29 bits per heavy atom. The number of aromatic nitrogens is 2. The van der Waals surface area contributed by atoms with Gasteiger partial charge in [0.25, 0.3) is 5.88 Å². The molecule has 1 fully saturated rings. The normalized spacial score (nSPS) is 23.2. The van der Waals surface area contributed by atoms with Gasteiger partial charge >= 0.3 is 5.69 Å². The first kappa shape index (κ1) is 11.8. The van der Waals surface area contributed by atoms with Crippen molar-refractivity contribution in [2.75, 3.05) is 0 Å². The van der Waals surface area contributed by atoms with E-state index in [9.17, 15) is 10.1 Å². The predicted octanol–water partition coefficient (Wildman–Crippen LogP) is 0.759.